The summed E-state index contributed by atoms with van der Waals surface area (Å²) in [7, 11) is 0. The van der Waals surface area contributed by atoms with Crippen molar-refractivity contribution in [2.24, 2.45) is 0 Å². The van der Waals surface area contributed by atoms with Crippen molar-refractivity contribution in [2.45, 2.75) is 19.5 Å². The molecule has 0 aliphatic carbocycles. The number of phenolic OH excluding ortho intramolecular Hbond substituents is 1. The zero-order valence-corrected chi connectivity index (χ0v) is 13.9. The Labute approximate surface area is 136 Å². The number of halogens is 3. The molecule has 0 aliphatic heterocycles. The summed E-state index contributed by atoms with van der Waals surface area (Å²) in [4.78, 5) is 0. The van der Waals surface area contributed by atoms with Gasteiger partial charge >= 0.3 is 0 Å². The molecule has 2 rings (SSSR count). The molecule has 2 aromatic carbocycles. The standard InChI is InChI=1S/C15H14BrCl2NO/c1-9(10-3-2-4-12(16)5-10)19-8-11-6-13(17)7-14(18)15(11)20/h2-7,9,19-20H,8H2,1H3. The van der Waals surface area contributed by atoms with Gasteiger partial charge in [-0.2, -0.15) is 0 Å². The molecule has 0 saturated heterocycles. The van der Waals surface area contributed by atoms with Crippen molar-refractivity contribution in [3.8, 4) is 5.75 Å². The summed E-state index contributed by atoms with van der Waals surface area (Å²) in [6, 6.07) is 11.5. The van der Waals surface area contributed by atoms with Crippen LogP contribution in [0.5, 0.6) is 5.75 Å². The third kappa shape index (κ3) is 3.89. The molecule has 0 aromatic heterocycles. The van der Waals surface area contributed by atoms with E-state index in [2.05, 4.69) is 34.2 Å². The molecular formula is C15H14BrCl2NO. The lowest BCUT2D eigenvalue weighted by molar-refractivity contribution is 0.460. The summed E-state index contributed by atoms with van der Waals surface area (Å²) in [5.41, 5.74) is 1.84. The maximum Gasteiger partial charge on any atom is 0.138 e. The van der Waals surface area contributed by atoms with Gasteiger partial charge in [0.25, 0.3) is 0 Å². The van der Waals surface area contributed by atoms with Gasteiger partial charge < -0.3 is 10.4 Å². The van der Waals surface area contributed by atoms with Gasteiger partial charge in [-0.25, -0.2) is 0 Å². The van der Waals surface area contributed by atoms with E-state index >= 15 is 0 Å². The Morgan fingerprint density at radius 1 is 1.25 bits per heavy atom. The second-order valence-corrected chi connectivity index (χ2v) is 6.31. The molecule has 2 nitrogen and oxygen atoms in total. The predicted octanol–water partition coefficient (Wildman–Crippen LogP) is 5.31. The van der Waals surface area contributed by atoms with Gasteiger partial charge in [0.05, 0.1) is 5.02 Å². The predicted molar refractivity (Wildman–Crippen MR) is 87.5 cm³/mol. The Morgan fingerprint density at radius 2 is 2.00 bits per heavy atom. The van der Waals surface area contributed by atoms with E-state index in [1.807, 2.05) is 18.2 Å². The van der Waals surface area contributed by atoms with Crippen molar-refractivity contribution >= 4 is 39.1 Å². The van der Waals surface area contributed by atoms with Crippen LogP contribution in [0.4, 0.5) is 0 Å². The number of aromatic hydroxyl groups is 1. The largest absolute Gasteiger partial charge is 0.506 e. The van der Waals surface area contributed by atoms with Gasteiger partial charge in [0, 0.05) is 27.6 Å². The first-order valence-electron chi connectivity index (χ1n) is 6.13. The summed E-state index contributed by atoms with van der Waals surface area (Å²) in [6.07, 6.45) is 0. The van der Waals surface area contributed by atoms with E-state index in [-0.39, 0.29) is 16.8 Å². The lowest BCUT2D eigenvalue weighted by Crippen LogP contribution is -2.18. The van der Waals surface area contributed by atoms with Crippen LogP contribution in [0, 0.1) is 0 Å². The molecule has 2 N–H and O–H groups in total. The first-order valence-corrected chi connectivity index (χ1v) is 7.68. The van der Waals surface area contributed by atoms with Crippen molar-refractivity contribution in [3.63, 3.8) is 0 Å². The van der Waals surface area contributed by atoms with Crippen LogP contribution < -0.4 is 5.32 Å². The lowest BCUT2D eigenvalue weighted by Gasteiger charge is -2.16. The molecule has 0 aliphatic rings. The van der Waals surface area contributed by atoms with Gasteiger partial charge in [0.2, 0.25) is 0 Å². The Bertz CT molecular complexity index is 619. The molecule has 106 valence electrons. The Hall–Kier alpha value is -0.740. The normalized spacial score (nSPS) is 12.4. The second kappa shape index (κ2) is 6.81. The molecule has 5 heteroatoms. The van der Waals surface area contributed by atoms with E-state index < -0.39 is 0 Å². The SMILES string of the molecule is CC(NCc1cc(Cl)cc(Cl)c1O)c1cccc(Br)c1. The molecule has 0 amide bonds. The van der Waals surface area contributed by atoms with E-state index in [4.69, 9.17) is 23.2 Å². The monoisotopic (exact) mass is 373 g/mol. The van der Waals surface area contributed by atoms with Gasteiger partial charge in [-0.05, 0) is 36.8 Å². The molecule has 0 fully saturated rings. The quantitative estimate of drug-likeness (QED) is 0.759. The van der Waals surface area contributed by atoms with Crippen molar-refractivity contribution in [3.05, 3.63) is 62.0 Å². The third-order valence-electron chi connectivity index (χ3n) is 3.05. The van der Waals surface area contributed by atoms with Crippen molar-refractivity contribution < 1.29 is 5.11 Å². The maximum absolute atomic E-state index is 9.91. The van der Waals surface area contributed by atoms with Crippen molar-refractivity contribution in [2.75, 3.05) is 0 Å². The number of benzene rings is 2. The average molecular weight is 375 g/mol. The smallest absolute Gasteiger partial charge is 0.138 e. The first-order chi connectivity index (χ1) is 9.47. The highest BCUT2D eigenvalue weighted by Crippen LogP contribution is 2.31. The Morgan fingerprint density at radius 3 is 2.70 bits per heavy atom. The summed E-state index contributed by atoms with van der Waals surface area (Å²) in [5, 5.41) is 14.0. The van der Waals surface area contributed by atoms with Gasteiger partial charge in [-0.3, -0.25) is 0 Å². The highest BCUT2D eigenvalue weighted by molar-refractivity contribution is 9.10. The van der Waals surface area contributed by atoms with Crippen molar-refractivity contribution in [1.82, 2.24) is 5.32 Å². The van der Waals surface area contributed by atoms with Crippen LogP contribution in [0.1, 0.15) is 24.1 Å². The zero-order chi connectivity index (χ0) is 14.7. The van der Waals surface area contributed by atoms with E-state index in [1.165, 1.54) is 6.07 Å². The fourth-order valence-electron chi connectivity index (χ4n) is 1.91. The van der Waals surface area contributed by atoms with Crippen LogP contribution >= 0.6 is 39.1 Å². The van der Waals surface area contributed by atoms with Gasteiger partial charge in [-0.15, -0.1) is 0 Å². The second-order valence-electron chi connectivity index (χ2n) is 4.55. The molecule has 0 radical (unpaired) electrons. The summed E-state index contributed by atoms with van der Waals surface area (Å²) < 4.78 is 1.04. The minimum absolute atomic E-state index is 0.0741. The number of hydrogen-bond donors (Lipinski definition) is 2. The van der Waals surface area contributed by atoms with Crippen LogP contribution in [0.15, 0.2) is 40.9 Å². The average Bonchev–Trinajstić information content (AvgIpc) is 2.40. The van der Waals surface area contributed by atoms with Crippen LogP contribution in [0.25, 0.3) is 0 Å². The number of hydrogen-bond acceptors (Lipinski definition) is 2. The molecule has 0 spiro atoms. The number of nitrogens with one attached hydrogen (secondary N) is 1. The Kier molecular flexibility index (Phi) is 5.33. The lowest BCUT2D eigenvalue weighted by atomic mass is 10.1. The zero-order valence-electron chi connectivity index (χ0n) is 10.8. The third-order valence-corrected chi connectivity index (χ3v) is 4.05. The summed E-state index contributed by atoms with van der Waals surface area (Å²) >= 11 is 15.3. The molecule has 0 saturated carbocycles. The van der Waals surface area contributed by atoms with Gasteiger partial charge in [0.1, 0.15) is 5.75 Å². The first kappa shape index (κ1) is 15.6. The topological polar surface area (TPSA) is 32.3 Å². The fourth-order valence-corrected chi connectivity index (χ4v) is 2.86. The molecular weight excluding hydrogens is 361 g/mol. The van der Waals surface area contributed by atoms with Crippen molar-refractivity contribution in [1.29, 1.82) is 0 Å². The van der Waals surface area contributed by atoms with Crippen LogP contribution in [-0.4, -0.2) is 5.11 Å². The van der Waals surface area contributed by atoms with Crippen LogP contribution in [-0.2, 0) is 6.54 Å². The number of rotatable bonds is 4. The van der Waals surface area contributed by atoms with E-state index in [0.29, 0.717) is 17.1 Å². The van der Waals surface area contributed by atoms with E-state index in [1.54, 1.807) is 6.07 Å². The molecule has 0 heterocycles. The van der Waals surface area contributed by atoms with Crippen LogP contribution in [0.3, 0.4) is 0 Å². The molecule has 0 bridgehead atoms. The molecule has 20 heavy (non-hydrogen) atoms. The molecule has 1 atom stereocenters. The van der Waals surface area contributed by atoms with Gasteiger partial charge in [-0.1, -0.05) is 51.3 Å². The highest BCUT2D eigenvalue weighted by Gasteiger charge is 2.10. The summed E-state index contributed by atoms with van der Waals surface area (Å²) in [6.45, 7) is 2.55. The minimum atomic E-state index is 0.0741. The highest BCUT2D eigenvalue weighted by atomic mass is 79.9. The summed E-state index contributed by atoms with van der Waals surface area (Å²) in [5.74, 6) is 0.0741. The minimum Gasteiger partial charge on any atom is -0.506 e. The van der Waals surface area contributed by atoms with Gasteiger partial charge in [0.15, 0.2) is 0 Å². The molecule has 1 unspecified atom stereocenters. The Balaban J connectivity index is 2.09. The van der Waals surface area contributed by atoms with E-state index in [0.717, 1.165) is 10.0 Å². The fraction of sp³-hybridized carbons (Fsp3) is 0.200. The maximum atomic E-state index is 9.91. The van der Waals surface area contributed by atoms with E-state index in [9.17, 15) is 5.11 Å². The molecule has 2 aromatic rings. The number of phenols is 1. The van der Waals surface area contributed by atoms with Crippen LogP contribution in [0.2, 0.25) is 10.0 Å².